The quantitative estimate of drug-likeness (QED) is 0.165. The molecule has 4 aromatic rings. The molecule has 0 saturated carbocycles. The van der Waals surface area contributed by atoms with Gasteiger partial charge in [-0.25, -0.2) is 4.99 Å². The van der Waals surface area contributed by atoms with Crippen LogP contribution in [0.15, 0.2) is 70.1 Å². The summed E-state index contributed by atoms with van der Waals surface area (Å²) >= 11 is 7.75. The molecule has 0 amide bonds. The molecule has 1 aliphatic rings. The number of fused-ring (bicyclic) bond motifs is 1. The highest BCUT2D eigenvalue weighted by Crippen LogP contribution is 2.39. The van der Waals surface area contributed by atoms with Crippen LogP contribution in [-0.4, -0.2) is 22.6 Å². The van der Waals surface area contributed by atoms with Gasteiger partial charge in [0.1, 0.15) is 22.6 Å². The predicted octanol–water partition coefficient (Wildman–Crippen LogP) is 6.75. The van der Waals surface area contributed by atoms with Gasteiger partial charge in [0.05, 0.1) is 21.7 Å². The van der Waals surface area contributed by atoms with Crippen LogP contribution >= 0.6 is 22.9 Å². The highest BCUT2D eigenvalue weighted by atomic mass is 35.5. The SMILES string of the molecule is N#Cc1c(N=Cc2ccc(-c3cc([N+](=O)[O-])ccc3Cl)o2)sc2c1CCN(Cc1ccccc1)C2. The van der Waals surface area contributed by atoms with Crippen molar-refractivity contribution in [3.05, 3.63) is 103 Å². The fourth-order valence-electron chi connectivity index (χ4n) is 4.13. The van der Waals surface area contributed by atoms with Crippen LogP contribution in [0.4, 0.5) is 10.7 Å². The molecule has 0 unspecified atom stereocenters. The van der Waals surface area contributed by atoms with Crippen molar-refractivity contribution < 1.29 is 9.34 Å². The third kappa shape index (κ3) is 4.88. The molecule has 2 aromatic heterocycles. The molecule has 0 aliphatic carbocycles. The summed E-state index contributed by atoms with van der Waals surface area (Å²) in [5, 5.41) is 21.9. The van der Waals surface area contributed by atoms with E-state index in [-0.39, 0.29) is 5.69 Å². The van der Waals surface area contributed by atoms with Crippen molar-refractivity contribution >= 4 is 39.8 Å². The first-order valence-electron chi connectivity index (χ1n) is 10.9. The molecule has 0 bridgehead atoms. The minimum atomic E-state index is -0.478. The summed E-state index contributed by atoms with van der Waals surface area (Å²) in [4.78, 5) is 18.7. The predicted molar refractivity (Wildman–Crippen MR) is 136 cm³/mol. The molecule has 0 saturated heterocycles. The van der Waals surface area contributed by atoms with Gasteiger partial charge >= 0.3 is 0 Å². The number of nitro groups is 1. The number of nitro benzene ring substituents is 1. The van der Waals surface area contributed by atoms with Gasteiger partial charge in [0.15, 0.2) is 0 Å². The van der Waals surface area contributed by atoms with Gasteiger partial charge in [-0.1, -0.05) is 41.9 Å². The molecule has 35 heavy (non-hydrogen) atoms. The van der Waals surface area contributed by atoms with Crippen molar-refractivity contribution in [3.8, 4) is 17.4 Å². The maximum atomic E-state index is 11.1. The Kier molecular flexibility index (Phi) is 6.47. The van der Waals surface area contributed by atoms with Crippen LogP contribution in [0.2, 0.25) is 5.02 Å². The fourth-order valence-corrected chi connectivity index (χ4v) is 5.52. The van der Waals surface area contributed by atoms with Gasteiger partial charge in [0.25, 0.3) is 5.69 Å². The van der Waals surface area contributed by atoms with Crippen LogP contribution in [0.25, 0.3) is 11.3 Å². The van der Waals surface area contributed by atoms with E-state index in [1.165, 1.54) is 40.0 Å². The first kappa shape index (κ1) is 23.0. The number of nitriles is 1. The Morgan fingerprint density at radius 2 is 2.06 bits per heavy atom. The van der Waals surface area contributed by atoms with Gasteiger partial charge < -0.3 is 4.42 Å². The Balaban J connectivity index is 1.36. The third-order valence-electron chi connectivity index (χ3n) is 5.84. The van der Waals surface area contributed by atoms with E-state index in [0.29, 0.717) is 32.7 Å². The van der Waals surface area contributed by atoms with E-state index in [2.05, 4.69) is 28.1 Å². The topological polar surface area (TPSA) is 95.7 Å². The lowest BCUT2D eigenvalue weighted by Crippen LogP contribution is -2.29. The average Bonchev–Trinajstić information content (AvgIpc) is 3.47. The van der Waals surface area contributed by atoms with Crippen molar-refractivity contribution in [2.45, 2.75) is 19.5 Å². The van der Waals surface area contributed by atoms with E-state index >= 15 is 0 Å². The highest BCUT2D eigenvalue weighted by molar-refractivity contribution is 7.16. The number of hydrogen-bond donors (Lipinski definition) is 0. The first-order valence-corrected chi connectivity index (χ1v) is 12.1. The maximum absolute atomic E-state index is 11.1. The lowest BCUT2D eigenvalue weighted by Gasteiger charge is -2.26. The Hall–Kier alpha value is -3.77. The van der Waals surface area contributed by atoms with Crippen molar-refractivity contribution in [1.82, 2.24) is 4.90 Å². The van der Waals surface area contributed by atoms with Gasteiger partial charge in [-0.05, 0) is 35.7 Å². The summed E-state index contributed by atoms with van der Waals surface area (Å²) in [5.74, 6) is 0.867. The van der Waals surface area contributed by atoms with Crippen LogP contribution in [0.1, 0.15) is 27.3 Å². The Bertz CT molecular complexity index is 1470. The van der Waals surface area contributed by atoms with Crippen molar-refractivity contribution in [3.63, 3.8) is 0 Å². The van der Waals surface area contributed by atoms with Crippen molar-refractivity contribution in [2.75, 3.05) is 6.54 Å². The highest BCUT2D eigenvalue weighted by Gasteiger charge is 2.24. The summed E-state index contributed by atoms with van der Waals surface area (Å²) in [7, 11) is 0. The largest absolute Gasteiger partial charge is 0.455 e. The lowest BCUT2D eigenvalue weighted by molar-refractivity contribution is -0.384. The molecule has 2 aromatic carbocycles. The Labute approximate surface area is 210 Å². The third-order valence-corrected chi connectivity index (χ3v) is 7.29. The van der Waals surface area contributed by atoms with E-state index in [4.69, 9.17) is 16.0 Å². The van der Waals surface area contributed by atoms with Crippen molar-refractivity contribution in [1.29, 1.82) is 5.26 Å². The number of benzene rings is 2. The second-order valence-corrected chi connectivity index (χ2v) is 9.61. The summed E-state index contributed by atoms with van der Waals surface area (Å²) in [6, 6.07) is 20.3. The average molecular weight is 503 g/mol. The van der Waals surface area contributed by atoms with Gasteiger partial charge in [-0.15, -0.1) is 11.3 Å². The molecule has 1 aliphatic heterocycles. The number of nitrogens with zero attached hydrogens (tertiary/aromatic N) is 4. The number of furan rings is 1. The van der Waals surface area contributed by atoms with Crippen LogP contribution in [0, 0.1) is 21.4 Å². The van der Waals surface area contributed by atoms with Crippen LogP contribution in [0.5, 0.6) is 0 Å². The zero-order valence-electron chi connectivity index (χ0n) is 18.5. The molecule has 0 fully saturated rings. The van der Waals surface area contributed by atoms with Crippen LogP contribution < -0.4 is 0 Å². The molecule has 0 spiro atoms. The molecule has 0 radical (unpaired) electrons. The van der Waals surface area contributed by atoms with E-state index in [1.54, 1.807) is 18.3 Å². The summed E-state index contributed by atoms with van der Waals surface area (Å²) < 4.78 is 5.82. The van der Waals surface area contributed by atoms with Crippen molar-refractivity contribution in [2.24, 2.45) is 4.99 Å². The minimum absolute atomic E-state index is 0.0693. The molecule has 174 valence electrons. The number of non-ortho nitro benzene ring substituents is 1. The molecular formula is C26H19ClN4O3S. The molecule has 3 heterocycles. The number of rotatable bonds is 6. The zero-order chi connectivity index (χ0) is 24.4. The fraction of sp³-hybridized carbons (Fsp3) is 0.154. The second-order valence-electron chi connectivity index (χ2n) is 8.12. The van der Waals surface area contributed by atoms with Crippen LogP contribution in [0.3, 0.4) is 0 Å². The first-order chi connectivity index (χ1) is 17.0. The number of thiophene rings is 1. The number of aliphatic imine (C=N–C) groups is 1. The van der Waals surface area contributed by atoms with Gasteiger partial charge in [0, 0.05) is 42.2 Å². The van der Waals surface area contributed by atoms with Gasteiger partial charge in [0.2, 0.25) is 0 Å². The van der Waals surface area contributed by atoms with E-state index in [9.17, 15) is 15.4 Å². The maximum Gasteiger partial charge on any atom is 0.270 e. The van der Waals surface area contributed by atoms with E-state index in [0.717, 1.165) is 31.6 Å². The minimum Gasteiger partial charge on any atom is -0.455 e. The van der Waals surface area contributed by atoms with Gasteiger partial charge in [-0.3, -0.25) is 15.0 Å². The molecule has 7 nitrogen and oxygen atoms in total. The summed E-state index contributed by atoms with van der Waals surface area (Å²) in [6.45, 7) is 2.55. The normalized spacial score (nSPS) is 13.6. The molecular weight excluding hydrogens is 484 g/mol. The second kappa shape index (κ2) is 9.84. The van der Waals surface area contributed by atoms with E-state index < -0.39 is 4.92 Å². The Morgan fingerprint density at radius 3 is 2.83 bits per heavy atom. The number of halogens is 1. The summed E-state index contributed by atoms with van der Waals surface area (Å²) in [6.07, 6.45) is 2.38. The molecule has 0 N–H and O–H groups in total. The molecule has 0 atom stereocenters. The van der Waals surface area contributed by atoms with Gasteiger partial charge in [-0.2, -0.15) is 5.26 Å². The summed E-state index contributed by atoms with van der Waals surface area (Å²) in [5.41, 5.74) is 3.33. The zero-order valence-corrected chi connectivity index (χ0v) is 20.1. The standard InChI is InChI=1S/C26H19ClN4O3S/c27-23-8-6-18(31(32)33)12-21(23)24-9-7-19(34-24)14-29-26-22(13-28)20-10-11-30(16-25(20)35-26)15-17-4-2-1-3-5-17/h1-9,12,14H,10-11,15-16H2. The van der Waals surface area contributed by atoms with E-state index in [1.807, 2.05) is 18.2 Å². The molecule has 5 rings (SSSR count). The van der Waals surface area contributed by atoms with Crippen LogP contribution in [-0.2, 0) is 19.5 Å². The Morgan fingerprint density at radius 1 is 1.23 bits per heavy atom. The molecule has 9 heteroatoms. The number of hydrogen-bond acceptors (Lipinski definition) is 7. The monoisotopic (exact) mass is 502 g/mol. The smallest absolute Gasteiger partial charge is 0.270 e. The lowest BCUT2D eigenvalue weighted by atomic mass is 10.0.